The summed E-state index contributed by atoms with van der Waals surface area (Å²) in [7, 11) is 1.89. The molecule has 90 valence electrons. The lowest BCUT2D eigenvalue weighted by Crippen LogP contribution is -2.13. The molecule has 17 heavy (non-hydrogen) atoms. The number of hydrogen-bond acceptors (Lipinski definition) is 2. The largest absolute Gasteiger partial charge is 0.324 e. The minimum Gasteiger partial charge on any atom is -0.324 e. The van der Waals surface area contributed by atoms with Crippen molar-refractivity contribution in [2.45, 2.75) is 12.5 Å². The van der Waals surface area contributed by atoms with Crippen molar-refractivity contribution >= 4 is 27.5 Å². The molecule has 0 radical (unpaired) electrons. The highest BCUT2D eigenvalue weighted by molar-refractivity contribution is 9.10. The zero-order chi connectivity index (χ0) is 12.4. The van der Waals surface area contributed by atoms with Crippen LogP contribution in [0.15, 0.2) is 35.1 Å². The molecule has 0 saturated heterocycles. The molecule has 0 spiro atoms. The molecule has 1 atom stereocenters. The molecule has 1 unspecified atom stereocenters. The first-order valence-corrected chi connectivity index (χ1v) is 6.41. The maximum Gasteiger partial charge on any atom is 0.0522 e. The summed E-state index contributed by atoms with van der Waals surface area (Å²) in [5.41, 5.74) is 8.31. The van der Waals surface area contributed by atoms with Gasteiger partial charge in [-0.25, -0.2) is 0 Å². The van der Waals surface area contributed by atoms with Gasteiger partial charge in [-0.3, -0.25) is 4.68 Å². The molecule has 5 heteroatoms. The molecule has 0 aliphatic carbocycles. The maximum absolute atomic E-state index is 6.18. The van der Waals surface area contributed by atoms with Crippen molar-refractivity contribution in [3.8, 4) is 0 Å². The summed E-state index contributed by atoms with van der Waals surface area (Å²) in [5, 5.41) is 4.83. The second-order valence-corrected chi connectivity index (χ2v) is 5.29. The minimum atomic E-state index is -0.0905. The molecule has 2 rings (SSSR count). The van der Waals surface area contributed by atoms with E-state index in [-0.39, 0.29) is 6.04 Å². The molecule has 2 aromatic rings. The van der Waals surface area contributed by atoms with Crippen LogP contribution < -0.4 is 5.73 Å². The average Bonchev–Trinajstić information content (AvgIpc) is 2.67. The van der Waals surface area contributed by atoms with Crippen LogP contribution in [-0.2, 0) is 13.5 Å². The van der Waals surface area contributed by atoms with Crippen molar-refractivity contribution in [1.82, 2.24) is 9.78 Å². The number of aromatic nitrogens is 2. The molecule has 1 aromatic heterocycles. The van der Waals surface area contributed by atoms with Gasteiger partial charge in [0.15, 0.2) is 0 Å². The van der Waals surface area contributed by atoms with E-state index < -0.39 is 0 Å². The van der Waals surface area contributed by atoms with Gasteiger partial charge in [0.1, 0.15) is 0 Å². The van der Waals surface area contributed by atoms with Crippen molar-refractivity contribution in [3.05, 3.63) is 51.2 Å². The summed E-state index contributed by atoms with van der Waals surface area (Å²) >= 11 is 9.47. The van der Waals surface area contributed by atoms with Crippen molar-refractivity contribution < 1.29 is 0 Å². The number of nitrogens with zero attached hydrogens (tertiary/aromatic N) is 2. The van der Waals surface area contributed by atoms with Crippen LogP contribution in [0, 0.1) is 0 Å². The third-order valence-corrected chi connectivity index (χ3v) is 3.53. The van der Waals surface area contributed by atoms with E-state index in [1.165, 1.54) is 0 Å². The lowest BCUT2D eigenvalue weighted by Gasteiger charge is -2.13. The van der Waals surface area contributed by atoms with Crippen LogP contribution in [0.5, 0.6) is 0 Å². The quantitative estimate of drug-likeness (QED) is 0.946. The molecule has 2 N–H and O–H groups in total. The second-order valence-electron chi connectivity index (χ2n) is 4.00. The van der Waals surface area contributed by atoms with E-state index in [0.717, 1.165) is 22.0 Å². The maximum atomic E-state index is 6.18. The lowest BCUT2D eigenvalue weighted by molar-refractivity contribution is 0.716. The van der Waals surface area contributed by atoms with E-state index in [1.54, 1.807) is 4.68 Å². The summed E-state index contributed by atoms with van der Waals surface area (Å²) in [5.74, 6) is 0. The zero-order valence-electron chi connectivity index (χ0n) is 9.40. The molecular formula is C12H13BrClN3. The van der Waals surface area contributed by atoms with Gasteiger partial charge in [0.2, 0.25) is 0 Å². The highest BCUT2D eigenvalue weighted by atomic mass is 79.9. The Morgan fingerprint density at radius 1 is 1.53 bits per heavy atom. The first-order chi connectivity index (χ1) is 8.06. The van der Waals surface area contributed by atoms with Crippen LogP contribution in [0.25, 0.3) is 0 Å². The predicted octanol–water partition coefficient (Wildman–Crippen LogP) is 3.08. The summed E-state index contributed by atoms with van der Waals surface area (Å²) < 4.78 is 2.76. The number of nitrogens with two attached hydrogens (primary N) is 1. The molecule has 0 amide bonds. The number of hydrogen-bond donors (Lipinski definition) is 1. The van der Waals surface area contributed by atoms with E-state index in [1.807, 2.05) is 37.6 Å². The van der Waals surface area contributed by atoms with Gasteiger partial charge in [0.25, 0.3) is 0 Å². The molecule has 1 aromatic carbocycles. The standard InChI is InChI=1S/C12H13BrClN3/c1-17-7-8(6-16-17)4-12(15)10-5-9(14)2-3-11(10)13/h2-3,5-7,12H,4,15H2,1H3. The highest BCUT2D eigenvalue weighted by Gasteiger charge is 2.12. The van der Waals surface area contributed by atoms with E-state index in [4.69, 9.17) is 17.3 Å². The lowest BCUT2D eigenvalue weighted by atomic mass is 10.0. The molecule has 3 nitrogen and oxygen atoms in total. The number of benzene rings is 1. The van der Waals surface area contributed by atoms with Crippen LogP contribution in [0.3, 0.4) is 0 Å². The normalized spacial score (nSPS) is 12.7. The molecule has 0 saturated carbocycles. The summed E-state index contributed by atoms with van der Waals surface area (Å²) in [4.78, 5) is 0. The van der Waals surface area contributed by atoms with Gasteiger partial charge in [-0.05, 0) is 35.7 Å². The van der Waals surface area contributed by atoms with E-state index >= 15 is 0 Å². The molecule has 0 fully saturated rings. The molecule has 0 bridgehead atoms. The Kier molecular flexibility index (Phi) is 3.86. The monoisotopic (exact) mass is 313 g/mol. The SMILES string of the molecule is Cn1cc(CC(N)c2cc(Cl)ccc2Br)cn1. The van der Waals surface area contributed by atoms with Crippen LogP contribution in [-0.4, -0.2) is 9.78 Å². The highest BCUT2D eigenvalue weighted by Crippen LogP contribution is 2.27. The summed E-state index contributed by atoms with van der Waals surface area (Å²) in [6, 6.07) is 5.56. The molecule has 0 aliphatic rings. The second kappa shape index (κ2) is 5.21. The third-order valence-electron chi connectivity index (χ3n) is 2.57. The zero-order valence-corrected chi connectivity index (χ0v) is 11.7. The number of aryl methyl sites for hydroxylation is 1. The topological polar surface area (TPSA) is 43.8 Å². The van der Waals surface area contributed by atoms with E-state index in [0.29, 0.717) is 5.02 Å². The van der Waals surface area contributed by atoms with Gasteiger partial charge in [-0.15, -0.1) is 0 Å². The first-order valence-electron chi connectivity index (χ1n) is 5.24. The minimum absolute atomic E-state index is 0.0905. The fourth-order valence-electron chi connectivity index (χ4n) is 1.74. The summed E-state index contributed by atoms with van der Waals surface area (Å²) in [6.07, 6.45) is 4.55. The Balaban J connectivity index is 2.19. The van der Waals surface area contributed by atoms with Crippen LogP contribution >= 0.6 is 27.5 Å². The Hall–Kier alpha value is -0.840. The van der Waals surface area contributed by atoms with E-state index in [2.05, 4.69) is 21.0 Å². The Morgan fingerprint density at radius 3 is 2.94 bits per heavy atom. The van der Waals surface area contributed by atoms with Gasteiger partial charge >= 0.3 is 0 Å². The Labute approximate surface area is 114 Å². The predicted molar refractivity (Wildman–Crippen MR) is 73.0 cm³/mol. The Bertz CT molecular complexity index is 524. The van der Waals surface area contributed by atoms with Gasteiger partial charge in [-0.2, -0.15) is 5.10 Å². The van der Waals surface area contributed by atoms with Gasteiger partial charge in [-0.1, -0.05) is 27.5 Å². The van der Waals surface area contributed by atoms with Crippen molar-refractivity contribution in [2.75, 3.05) is 0 Å². The smallest absolute Gasteiger partial charge is 0.0522 e. The van der Waals surface area contributed by atoms with Gasteiger partial charge < -0.3 is 5.73 Å². The summed E-state index contributed by atoms with van der Waals surface area (Å²) in [6.45, 7) is 0. The third kappa shape index (κ3) is 3.09. The van der Waals surface area contributed by atoms with Crippen molar-refractivity contribution in [3.63, 3.8) is 0 Å². The van der Waals surface area contributed by atoms with Crippen molar-refractivity contribution in [2.24, 2.45) is 12.8 Å². The van der Waals surface area contributed by atoms with E-state index in [9.17, 15) is 0 Å². The molecular weight excluding hydrogens is 302 g/mol. The van der Waals surface area contributed by atoms with Gasteiger partial charge in [0, 0.05) is 28.8 Å². The van der Waals surface area contributed by atoms with Gasteiger partial charge in [0.05, 0.1) is 6.20 Å². The fourth-order valence-corrected chi connectivity index (χ4v) is 2.46. The first kappa shape index (κ1) is 12.6. The molecule has 0 aliphatic heterocycles. The number of halogens is 2. The van der Waals surface area contributed by atoms with Crippen molar-refractivity contribution in [1.29, 1.82) is 0 Å². The van der Waals surface area contributed by atoms with Crippen LogP contribution in [0.1, 0.15) is 17.2 Å². The van der Waals surface area contributed by atoms with Crippen LogP contribution in [0.2, 0.25) is 5.02 Å². The molecule has 1 heterocycles. The van der Waals surface area contributed by atoms with Crippen LogP contribution in [0.4, 0.5) is 0 Å². The fraction of sp³-hybridized carbons (Fsp3) is 0.250. The number of rotatable bonds is 3. The Morgan fingerprint density at radius 2 is 2.29 bits per heavy atom. The average molecular weight is 315 g/mol.